The fraction of sp³-hybridized carbons (Fsp3) is 0.132. The van der Waals surface area contributed by atoms with Gasteiger partial charge in [0.1, 0.15) is 0 Å². The van der Waals surface area contributed by atoms with Crippen molar-refractivity contribution in [3.05, 3.63) is 151 Å². The van der Waals surface area contributed by atoms with E-state index >= 15 is 0 Å². The van der Waals surface area contributed by atoms with Crippen LogP contribution in [0.25, 0.3) is 44.6 Å². The van der Waals surface area contributed by atoms with E-state index in [-0.39, 0.29) is 20.1 Å². The van der Waals surface area contributed by atoms with Crippen molar-refractivity contribution >= 4 is 22.1 Å². The maximum absolute atomic E-state index is 6.25. The first-order valence-electron chi connectivity index (χ1n) is 14.3. The summed E-state index contributed by atoms with van der Waals surface area (Å²) in [6, 6.07) is 43.1. The molecule has 0 atom stereocenters. The first-order chi connectivity index (χ1) is 20.7. The van der Waals surface area contributed by atoms with Gasteiger partial charge in [-0.3, -0.25) is 0 Å². The number of aromatic nitrogens is 3. The van der Waals surface area contributed by atoms with Crippen molar-refractivity contribution in [1.29, 1.82) is 0 Å². The molecule has 0 amide bonds. The Morgan fingerprint density at radius 3 is 2.28 bits per heavy atom. The van der Waals surface area contributed by atoms with Gasteiger partial charge >= 0.3 is 0 Å². The molecule has 4 aromatic heterocycles. The molecule has 43 heavy (non-hydrogen) atoms. The van der Waals surface area contributed by atoms with Crippen LogP contribution < -0.4 is 0 Å². The first kappa shape index (κ1) is 30.0. The molecule has 0 fully saturated rings. The van der Waals surface area contributed by atoms with E-state index in [1.807, 2.05) is 66.9 Å². The smallest absolute Gasteiger partial charge is 0.216 e. The Labute approximate surface area is 266 Å². The number of aryl methyl sites for hydroxylation is 2. The molecule has 215 valence electrons. The van der Waals surface area contributed by atoms with E-state index in [4.69, 9.17) is 9.40 Å². The van der Waals surface area contributed by atoms with Crippen LogP contribution in [0.1, 0.15) is 36.6 Å². The first-order valence-corrected chi connectivity index (χ1v) is 14.3. The summed E-state index contributed by atoms with van der Waals surface area (Å²) < 4.78 is 6.25. The van der Waals surface area contributed by atoms with E-state index in [1.165, 1.54) is 11.1 Å². The zero-order valence-corrected chi connectivity index (χ0v) is 26.5. The summed E-state index contributed by atoms with van der Waals surface area (Å²) in [6.45, 7) is 4.37. The summed E-state index contributed by atoms with van der Waals surface area (Å²) in [6.07, 6.45) is 5.49. The van der Waals surface area contributed by atoms with E-state index < -0.39 is 0 Å². The standard InChI is InChI=1S/C27H23N2O.C11H8N.Ir/c1-18(2)20-15-16-28-25(17-20)24-10-6-9-22-23-14-13-21(29-27(23)30-26(22)24)12-11-19-7-4-3-5-8-19;1-2-6-10(7-3-1)11-8-4-5-9-12-11;/h3-9,13-18H,11-12H2,1-2H3;1-6,8-9H;/q2*-1;. The number of pyridine rings is 3. The molecule has 0 aliphatic heterocycles. The van der Waals surface area contributed by atoms with Crippen LogP contribution in [0.5, 0.6) is 0 Å². The van der Waals surface area contributed by atoms with Gasteiger partial charge in [0, 0.05) is 43.6 Å². The van der Waals surface area contributed by atoms with E-state index in [2.05, 4.69) is 84.5 Å². The zero-order chi connectivity index (χ0) is 28.7. The average Bonchev–Trinajstić information content (AvgIpc) is 3.43. The summed E-state index contributed by atoms with van der Waals surface area (Å²) >= 11 is 0. The molecule has 0 bridgehead atoms. The second kappa shape index (κ2) is 14.2. The molecule has 0 unspecified atom stereocenters. The maximum Gasteiger partial charge on any atom is 0.216 e. The minimum Gasteiger partial charge on any atom is -0.486 e. The van der Waals surface area contributed by atoms with Crippen molar-refractivity contribution in [2.45, 2.75) is 32.6 Å². The third-order valence-electron chi connectivity index (χ3n) is 7.23. The predicted octanol–water partition coefficient (Wildman–Crippen LogP) is 9.30. The van der Waals surface area contributed by atoms with Gasteiger partial charge in [-0.25, -0.2) is 4.98 Å². The molecule has 0 saturated carbocycles. The predicted molar refractivity (Wildman–Crippen MR) is 170 cm³/mol. The van der Waals surface area contributed by atoms with Gasteiger partial charge in [0.25, 0.3) is 0 Å². The van der Waals surface area contributed by atoms with Crippen LogP contribution in [0.15, 0.2) is 126 Å². The molecular formula is C38H31IrN3O-2. The van der Waals surface area contributed by atoms with Crippen LogP contribution >= 0.6 is 0 Å². The second-order valence-corrected chi connectivity index (χ2v) is 10.5. The Kier molecular flexibility index (Phi) is 9.88. The summed E-state index contributed by atoms with van der Waals surface area (Å²) in [5, 5.41) is 2.08. The van der Waals surface area contributed by atoms with Gasteiger partial charge in [0.15, 0.2) is 0 Å². The molecule has 0 spiro atoms. The van der Waals surface area contributed by atoms with Crippen molar-refractivity contribution in [1.82, 2.24) is 15.0 Å². The Morgan fingerprint density at radius 2 is 1.51 bits per heavy atom. The molecule has 0 aliphatic carbocycles. The largest absolute Gasteiger partial charge is 0.486 e. The van der Waals surface area contributed by atoms with Crippen LogP contribution in [0.3, 0.4) is 0 Å². The van der Waals surface area contributed by atoms with Crippen molar-refractivity contribution in [2.75, 3.05) is 0 Å². The number of benzene rings is 3. The summed E-state index contributed by atoms with van der Waals surface area (Å²) in [7, 11) is 0. The number of furan rings is 1. The molecule has 0 N–H and O–H groups in total. The average molecular weight is 738 g/mol. The van der Waals surface area contributed by atoms with Gasteiger partial charge in [-0.1, -0.05) is 78.9 Å². The molecule has 4 heterocycles. The summed E-state index contributed by atoms with van der Waals surface area (Å²) in [4.78, 5) is 13.6. The van der Waals surface area contributed by atoms with Crippen molar-refractivity contribution in [3.63, 3.8) is 0 Å². The third-order valence-corrected chi connectivity index (χ3v) is 7.23. The van der Waals surface area contributed by atoms with Gasteiger partial charge < -0.3 is 14.4 Å². The molecule has 7 aromatic rings. The van der Waals surface area contributed by atoms with Crippen LogP contribution in [0.4, 0.5) is 0 Å². The normalized spacial score (nSPS) is 10.8. The molecule has 0 saturated heterocycles. The van der Waals surface area contributed by atoms with Crippen LogP contribution in [-0.4, -0.2) is 15.0 Å². The SMILES string of the molecule is CC(C)c1ccnc(-c2[c-]ccc3c2oc2nc(CCc4ccccc4)ccc23)c1.[Ir].[c-]1ccccc1-c1ccccn1. The van der Waals surface area contributed by atoms with E-state index in [0.29, 0.717) is 11.6 Å². The quantitative estimate of drug-likeness (QED) is 0.160. The number of hydrogen-bond donors (Lipinski definition) is 0. The van der Waals surface area contributed by atoms with Gasteiger partial charge in [-0.05, 0) is 60.0 Å². The topological polar surface area (TPSA) is 51.8 Å². The molecule has 0 aliphatic rings. The third kappa shape index (κ3) is 7.14. The number of fused-ring (bicyclic) bond motifs is 3. The fourth-order valence-corrected chi connectivity index (χ4v) is 4.92. The monoisotopic (exact) mass is 738 g/mol. The number of rotatable bonds is 6. The van der Waals surface area contributed by atoms with Crippen molar-refractivity contribution in [2.24, 2.45) is 0 Å². The Morgan fingerprint density at radius 1 is 0.698 bits per heavy atom. The Balaban J connectivity index is 0.000000238. The van der Waals surface area contributed by atoms with Gasteiger partial charge in [0.05, 0.1) is 5.58 Å². The molecular weight excluding hydrogens is 707 g/mol. The summed E-state index contributed by atoms with van der Waals surface area (Å²) in [5.41, 5.74) is 8.87. The Bertz CT molecular complexity index is 1870. The fourth-order valence-electron chi connectivity index (χ4n) is 4.92. The van der Waals surface area contributed by atoms with Crippen LogP contribution in [0, 0.1) is 12.1 Å². The molecule has 1 radical (unpaired) electrons. The van der Waals surface area contributed by atoms with Crippen LogP contribution in [-0.2, 0) is 32.9 Å². The minimum atomic E-state index is 0. The Hall–Kier alpha value is -4.44. The minimum absolute atomic E-state index is 0. The molecule has 7 rings (SSSR count). The molecule has 5 heteroatoms. The van der Waals surface area contributed by atoms with Crippen molar-refractivity contribution in [3.8, 4) is 22.5 Å². The van der Waals surface area contributed by atoms with Gasteiger partial charge in [0.2, 0.25) is 5.71 Å². The van der Waals surface area contributed by atoms with Gasteiger partial charge in [-0.2, -0.15) is 0 Å². The van der Waals surface area contributed by atoms with E-state index in [1.54, 1.807) is 6.20 Å². The van der Waals surface area contributed by atoms with E-state index in [0.717, 1.165) is 57.4 Å². The molecule has 3 aromatic carbocycles. The van der Waals surface area contributed by atoms with Crippen LogP contribution in [0.2, 0.25) is 0 Å². The maximum atomic E-state index is 6.25. The number of nitrogens with zero attached hydrogens (tertiary/aromatic N) is 3. The van der Waals surface area contributed by atoms with Gasteiger partial charge in [-0.15, -0.1) is 54.1 Å². The number of hydrogen-bond acceptors (Lipinski definition) is 4. The molecule has 4 nitrogen and oxygen atoms in total. The van der Waals surface area contributed by atoms with Crippen molar-refractivity contribution < 1.29 is 24.5 Å². The second-order valence-electron chi connectivity index (χ2n) is 10.5. The summed E-state index contributed by atoms with van der Waals surface area (Å²) in [5.74, 6) is 0.440. The van der Waals surface area contributed by atoms with E-state index in [9.17, 15) is 0 Å². The zero-order valence-electron chi connectivity index (χ0n) is 24.1.